The van der Waals surface area contributed by atoms with E-state index in [9.17, 15) is 0 Å². The SMILES string of the molecule is CCCCn1nnnc1NCc1cc(OCC)c(OCc2cccc(C)c2)cc1Br. The first-order valence-corrected chi connectivity index (χ1v) is 11.0. The van der Waals surface area contributed by atoms with Crippen LogP contribution in [0.4, 0.5) is 5.95 Å². The third kappa shape index (κ3) is 5.95. The largest absolute Gasteiger partial charge is 0.490 e. The minimum Gasteiger partial charge on any atom is -0.490 e. The second-order valence-electron chi connectivity index (χ2n) is 7.03. The van der Waals surface area contributed by atoms with Gasteiger partial charge in [0.25, 0.3) is 0 Å². The number of nitrogens with one attached hydrogen (secondary N) is 1. The van der Waals surface area contributed by atoms with Crippen molar-refractivity contribution in [1.82, 2.24) is 20.2 Å². The van der Waals surface area contributed by atoms with E-state index >= 15 is 0 Å². The van der Waals surface area contributed by atoms with Crippen LogP contribution < -0.4 is 14.8 Å². The topological polar surface area (TPSA) is 74.1 Å². The fraction of sp³-hybridized carbons (Fsp3) is 0.409. The molecule has 0 atom stereocenters. The molecule has 0 radical (unpaired) electrons. The van der Waals surface area contributed by atoms with Crippen LogP contribution in [0, 0.1) is 6.92 Å². The van der Waals surface area contributed by atoms with Crippen molar-refractivity contribution in [2.24, 2.45) is 0 Å². The Kier molecular flexibility index (Phi) is 8.07. The van der Waals surface area contributed by atoms with Crippen molar-refractivity contribution < 1.29 is 9.47 Å². The maximum Gasteiger partial charge on any atom is 0.243 e. The number of benzene rings is 2. The lowest BCUT2D eigenvalue weighted by Gasteiger charge is -2.16. The molecular formula is C22H28BrN5O2. The molecule has 0 aliphatic rings. The normalized spacial score (nSPS) is 10.8. The molecule has 2 aromatic carbocycles. The molecule has 1 heterocycles. The van der Waals surface area contributed by atoms with Crippen molar-refractivity contribution in [3.63, 3.8) is 0 Å². The number of ether oxygens (including phenoxy) is 2. The smallest absolute Gasteiger partial charge is 0.243 e. The Labute approximate surface area is 185 Å². The Balaban J connectivity index is 1.71. The number of halogens is 1. The van der Waals surface area contributed by atoms with Gasteiger partial charge in [0.15, 0.2) is 11.5 Å². The van der Waals surface area contributed by atoms with Crippen molar-refractivity contribution in [3.05, 3.63) is 57.6 Å². The van der Waals surface area contributed by atoms with Crippen molar-refractivity contribution in [2.45, 2.75) is 53.3 Å². The summed E-state index contributed by atoms with van der Waals surface area (Å²) in [5.74, 6) is 2.09. The zero-order valence-corrected chi connectivity index (χ0v) is 19.3. The summed E-state index contributed by atoms with van der Waals surface area (Å²) < 4.78 is 14.6. The third-order valence-corrected chi connectivity index (χ3v) is 5.32. The van der Waals surface area contributed by atoms with Crippen LogP contribution in [0.1, 0.15) is 43.4 Å². The number of hydrogen-bond acceptors (Lipinski definition) is 6. The molecule has 1 N–H and O–H groups in total. The van der Waals surface area contributed by atoms with Crippen LogP contribution in [0.5, 0.6) is 11.5 Å². The van der Waals surface area contributed by atoms with Crippen LogP contribution in [0.25, 0.3) is 0 Å². The summed E-state index contributed by atoms with van der Waals surface area (Å²) in [6.07, 6.45) is 2.12. The van der Waals surface area contributed by atoms with Crippen molar-refractivity contribution >= 4 is 21.9 Å². The summed E-state index contributed by atoms with van der Waals surface area (Å²) in [5.41, 5.74) is 3.37. The van der Waals surface area contributed by atoms with E-state index in [2.05, 4.69) is 68.8 Å². The van der Waals surface area contributed by atoms with Crippen molar-refractivity contribution in [1.29, 1.82) is 0 Å². The zero-order valence-electron chi connectivity index (χ0n) is 17.7. The second-order valence-corrected chi connectivity index (χ2v) is 7.89. The highest BCUT2D eigenvalue weighted by Crippen LogP contribution is 2.34. The fourth-order valence-corrected chi connectivity index (χ4v) is 3.48. The third-order valence-electron chi connectivity index (χ3n) is 4.58. The molecule has 0 saturated carbocycles. The first kappa shape index (κ1) is 22.1. The maximum atomic E-state index is 6.07. The van der Waals surface area contributed by atoms with E-state index in [4.69, 9.17) is 9.47 Å². The molecule has 0 fully saturated rings. The molecule has 1 aromatic heterocycles. The fourth-order valence-electron chi connectivity index (χ4n) is 3.02. The van der Waals surface area contributed by atoms with E-state index in [-0.39, 0.29) is 0 Å². The van der Waals surface area contributed by atoms with Gasteiger partial charge < -0.3 is 14.8 Å². The quantitative estimate of drug-likeness (QED) is 0.415. The van der Waals surface area contributed by atoms with Crippen LogP contribution in [0.15, 0.2) is 40.9 Å². The molecule has 160 valence electrons. The van der Waals surface area contributed by atoms with Gasteiger partial charge in [0, 0.05) is 17.6 Å². The number of aromatic nitrogens is 4. The van der Waals surface area contributed by atoms with E-state index in [1.54, 1.807) is 4.68 Å². The Morgan fingerprint density at radius 3 is 2.70 bits per heavy atom. The van der Waals surface area contributed by atoms with Crippen molar-refractivity contribution in [3.8, 4) is 11.5 Å². The average Bonchev–Trinajstić information content (AvgIpc) is 3.18. The molecule has 0 spiro atoms. The highest BCUT2D eigenvalue weighted by Gasteiger charge is 2.13. The summed E-state index contributed by atoms with van der Waals surface area (Å²) in [5, 5.41) is 15.2. The number of tetrazole rings is 1. The molecule has 30 heavy (non-hydrogen) atoms. The molecule has 7 nitrogen and oxygen atoms in total. The maximum absolute atomic E-state index is 6.07. The van der Waals surface area contributed by atoms with E-state index < -0.39 is 0 Å². The second kappa shape index (κ2) is 11.0. The highest BCUT2D eigenvalue weighted by molar-refractivity contribution is 9.10. The summed E-state index contributed by atoms with van der Waals surface area (Å²) in [6, 6.07) is 12.2. The van der Waals surface area contributed by atoms with Crippen LogP contribution in [0.3, 0.4) is 0 Å². The molecule has 3 aromatic rings. The Morgan fingerprint density at radius 2 is 1.93 bits per heavy atom. The van der Waals surface area contributed by atoms with Gasteiger partial charge in [-0.2, -0.15) is 0 Å². The van der Waals surface area contributed by atoms with E-state index in [1.807, 2.05) is 25.1 Å². The molecule has 0 aliphatic carbocycles. The molecule has 8 heteroatoms. The number of aryl methyl sites for hydroxylation is 2. The van der Waals surface area contributed by atoms with Gasteiger partial charge in [0.05, 0.1) is 6.61 Å². The molecular weight excluding hydrogens is 446 g/mol. The summed E-state index contributed by atoms with van der Waals surface area (Å²) in [4.78, 5) is 0. The van der Waals surface area contributed by atoms with E-state index in [1.165, 1.54) is 5.56 Å². The Bertz CT molecular complexity index is 960. The predicted molar refractivity (Wildman–Crippen MR) is 121 cm³/mol. The van der Waals surface area contributed by atoms with Gasteiger partial charge >= 0.3 is 0 Å². The monoisotopic (exact) mass is 473 g/mol. The number of rotatable bonds is 11. The van der Waals surface area contributed by atoms with Gasteiger partial charge in [-0.05, 0) is 54.0 Å². The number of anilines is 1. The van der Waals surface area contributed by atoms with Crippen molar-refractivity contribution in [2.75, 3.05) is 11.9 Å². The Morgan fingerprint density at radius 1 is 1.10 bits per heavy atom. The minimum atomic E-state index is 0.484. The van der Waals surface area contributed by atoms with Gasteiger partial charge in [-0.25, -0.2) is 4.68 Å². The van der Waals surface area contributed by atoms with E-state index in [0.29, 0.717) is 31.5 Å². The summed E-state index contributed by atoms with van der Waals surface area (Å²) in [6.45, 7) is 8.58. The summed E-state index contributed by atoms with van der Waals surface area (Å²) >= 11 is 3.66. The first-order chi connectivity index (χ1) is 14.6. The standard InChI is InChI=1S/C22H28BrN5O2/c1-4-6-10-28-22(25-26-27-28)24-14-18-12-20(29-5-2)21(13-19(18)23)30-15-17-9-7-8-16(3)11-17/h7-9,11-13H,4-6,10,14-15H2,1-3H3,(H,24,25,27). The molecule has 3 rings (SSSR count). The number of hydrogen-bond donors (Lipinski definition) is 1. The van der Waals surface area contributed by atoms with Gasteiger partial charge in [0.2, 0.25) is 5.95 Å². The Hall–Kier alpha value is -2.61. The van der Waals surface area contributed by atoms with Gasteiger partial charge in [0.1, 0.15) is 6.61 Å². The van der Waals surface area contributed by atoms with Crippen LogP contribution >= 0.6 is 15.9 Å². The van der Waals surface area contributed by atoms with Gasteiger partial charge in [-0.3, -0.25) is 0 Å². The first-order valence-electron chi connectivity index (χ1n) is 10.2. The summed E-state index contributed by atoms with van der Waals surface area (Å²) in [7, 11) is 0. The highest BCUT2D eigenvalue weighted by atomic mass is 79.9. The molecule has 0 unspecified atom stereocenters. The van der Waals surface area contributed by atoms with E-state index in [0.717, 1.165) is 40.7 Å². The predicted octanol–water partition coefficient (Wildman–Crippen LogP) is 5.13. The number of unbranched alkanes of at least 4 members (excludes halogenated alkanes) is 1. The molecule has 0 saturated heterocycles. The lowest BCUT2D eigenvalue weighted by Crippen LogP contribution is -2.10. The minimum absolute atomic E-state index is 0.484. The van der Waals surface area contributed by atoms with Crippen LogP contribution in [-0.4, -0.2) is 26.8 Å². The van der Waals surface area contributed by atoms with Crippen LogP contribution in [-0.2, 0) is 19.7 Å². The average molecular weight is 474 g/mol. The molecule has 0 bridgehead atoms. The zero-order chi connectivity index (χ0) is 21.3. The van der Waals surface area contributed by atoms with Crippen LogP contribution in [0.2, 0.25) is 0 Å². The lowest BCUT2D eigenvalue weighted by atomic mass is 10.1. The van der Waals surface area contributed by atoms with Gasteiger partial charge in [-0.1, -0.05) is 64.2 Å². The van der Waals surface area contributed by atoms with Gasteiger partial charge in [-0.15, -0.1) is 0 Å². The molecule has 0 amide bonds. The lowest BCUT2D eigenvalue weighted by molar-refractivity contribution is 0.269. The molecule has 0 aliphatic heterocycles. The number of nitrogens with zero attached hydrogens (tertiary/aromatic N) is 4.